The number of amides is 2. The van der Waals surface area contributed by atoms with Gasteiger partial charge in [0, 0.05) is 43.7 Å². The molecule has 2 heterocycles. The minimum Gasteiger partial charge on any atom is -0.348 e. The summed E-state index contributed by atoms with van der Waals surface area (Å²) in [7, 11) is 2.05. The molecule has 23 heavy (non-hydrogen) atoms. The van der Waals surface area contributed by atoms with Crippen molar-refractivity contribution >= 4 is 17.5 Å². The van der Waals surface area contributed by atoms with Crippen molar-refractivity contribution in [1.29, 1.82) is 0 Å². The van der Waals surface area contributed by atoms with E-state index in [0.29, 0.717) is 18.5 Å². The zero-order valence-corrected chi connectivity index (χ0v) is 13.8. The van der Waals surface area contributed by atoms with Gasteiger partial charge in [0.15, 0.2) is 0 Å². The summed E-state index contributed by atoms with van der Waals surface area (Å²) in [6.07, 6.45) is 1.30. The average molecular weight is 316 g/mol. The van der Waals surface area contributed by atoms with Gasteiger partial charge in [0.05, 0.1) is 5.69 Å². The first kappa shape index (κ1) is 16.0. The minimum atomic E-state index is -0.0557. The molecule has 0 bridgehead atoms. The fourth-order valence-electron chi connectivity index (χ4n) is 3.34. The fourth-order valence-corrected chi connectivity index (χ4v) is 3.34. The van der Waals surface area contributed by atoms with Gasteiger partial charge in [-0.2, -0.15) is 0 Å². The number of hydrogen-bond donors (Lipinski definition) is 2. The Morgan fingerprint density at radius 3 is 3.00 bits per heavy atom. The highest BCUT2D eigenvalue weighted by Crippen LogP contribution is 2.30. The van der Waals surface area contributed by atoms with Crippen LogP contribution in [0.5, 0.6) is 0 Å². The van der Waals surface area contributed by atoms with Crippen LogP contribution in [0.3, 0.4) is 0 Å². The normalized spacial score (nSPS) is 21.0. The molecule has 0 spiro atoms. The molecule has 1 aromatic rings. The fraction of sp³-hybridized carbons (Fsp3) is 0.529. The summed E-state index contributed by atoms with van der Waals surface area (Å²) >= 11 is 0. The van der Waals surface area contributed by atoms with Crippen LogP contribution in [0.25, 0.3) is 0 Å². The van der Waals surface area contributed by atoms with Gasteiger partial charge in [0.2, 0.25) is 5.91 Å². The van der Waals surface area contributed by atoms with E-state index in [2.05, 4.69) is 15.5 Å². The smallest absolute Gasteiger partial charge is 0.251 e. The molecule has 1 saturated heterocycles. The van der Waals surface area contributed by atoms with E-state index in [1.807, 2.05) is 37.1 Å². The second-order valence-corrected chi connectivity index (χ2v) is 6.17. The van der Waals surface area contributed by atoms with E-state index < -0.39 is 0 Å². The van der Waals surface area contributed by atoms with Crippen LogP contribution in [0.2, 0.25) is 0 Å². The van der Waals surface area contributed by atoms with Gasteiger partial charge in [-0.1, -0.05) is 13.0 Å². The maximum absolute atomic E-state index is 12.8. The predicted molar refractivity (Wildman–Crippen MR) is 89.3 cm³/mol. The third kappa shape index (κ3) is 2.96. The first-order valence-electron chi connectivity index (χ1n) is 8.26. The summed E-state index contributed by atoms with van der Waals surface area (Å²) in [5.74, 6) is 0.0562. The van der Waals surface area contributed by atoms with Crippen LogP contribution in [0.4, 0.5) is 5.69 Å². The molecule has 0 aromatic heterocycles. The van der Waals surface area contributed by atoms with Crippen LogP contribution in [0.1, 0.15) is 35.7 Å². The van der Waals surface area contributed by atoms with E-state index in [0.717, 1.165) is 37.3 Å². The molecule has 0 aliphatic carbocycles. The number of anilines is 1. The number of likely N-dealkylation sites (N-methyl/N-ethyl adjacent to an activating group) is 1. The third-order valence-electron chi connectivity index (χ3n) is 4.59. The van der Waals surface area contributed by atoms with Crippen molar-refractivity contribution in [3.63, 3.8) is 0 Å². The average Bonchev–Trinajstić information content (AvgIpc) is 2.92. The largest absolute Gasteiger partial charge is 0.348 e. The van der Waals surface area contributed by atoms with Gasteiger partial charge in [0.25, 0.3) is 5.91 Å². The number of rotatable bonds is 4. The number of nitrogens with zero attached hydrogens (tertiary/aromatic N) is 2. The van der Waals surface area contributed by atoms with Crippen molar-refractivity contribution in [2.75, 3.05) is 31.6 Å². The number of fused-ring (bicyclic) bond motifs is 1. The number of nitrogens with one attached hydrogen (secondary N) is 2. The Balaban J connectivity index is 2.02. The first-order valence-corrected chi connectivity index (χ1v) is 8.26. The molecule has 1 unspecified atom stereocenters. The molecule has 0 radical (unpaired) electrons. The molecular weight excluding hydrogens is 292 g/mol. The zero-order chi connectivity index (χ0) is 16.4. The highest BCUT2D eigenvalue weighted by atomic mass is 16.2. The lowest BCUT2D eigenvalue weighted by molar-refractivity contribution is -0.120. The van der Waals surface area contributed by atoms with Gasteiger partial charge in [0.1, 0.15) is 6.17 Å². The Labute approximate surface area is 136 Å². The highest BCUT2D eigenvalue weighted by Gasteiger charge is 2.33. The van der Waals surface area contributed by atoms with E-state index in [1.165, 1.54) is 0 Å². The molecule has 6 heteroatoms. The van der Waals surface area contributed by atoms with E-state index in [-0.39, 0.29) is 18.0 Å². The summed E-state index contributed by atoms with van der Waals surface area (Å²) in [6.45, 7) is 5.06. The van der Waals surface area contributed by atoms with Gasteiger partial charge >= 0.3 is 0 Å². The summed E-state index contributed by atoms with van der Waals surface area (Å²) in [5.41, 5.74) is 2.48. The van der Waals surface area contributed by atoms with Crippen molar-refractivity contribution in [2.24, 2.45) is 0 Å². The second kappa shape index (κ2) is 6.68. The van der Waals surface area contributed by atoms with Crippen molar-refractivity contribution in [2.45, 2.75) is 32.5 Å². The van der Waals surface area contributed by atoms with Gasteiger partial charge in [-0.05, 0) is 25.6 Å². The Bertz CT molecular complexity index is 617. The molecule has 1 aromatic carbocycles. The Morgan fingerprint density at radius 1 is 1.43 bits per heavy atom. The third-order valence-corrected chi connectivity index (χ3v) is 4.59. The van der Waals surface area contributed by atoms with Crippen molar-refractivity contribution < 1.29 is 9.59 Å². The first-order chi connectivity index (χ1) is 11.1. The topological polar surface area (TPSA) is 64.7 Å². The van der Waals surface area contributed by atoms with Gasteiger partial charge in [-0.25, -0.2) is 0 Å². The Morgan fingerprint density at radius 2 is 2.26 bits per heavy atom. The lowest BCUT2D eigenvalue weighted by Gasteiger charge is -2.41. The standard InChI is InChI=1S/C17H24N4O2/c1-3-5-16(22)21(15-11-18-8-9-20(15)2)14-7-4-6-12-13(14)10-19-17(12)23/h4,6-7,15,18H,3,5,8-11H2,1-2H3,(H,19,23). The SMILES string of the molecule is CCCC(=O)N(c1cccc2c1CNC2=O)C1CNCCN1C. The maximum atomic E-state index is 12.8. The van der Waals surface area contributed by atoms with E-state index in [4.69, 9.17) is 0 Å². The lowest BCUT2D eigenvalue weighted by Crippen LogP contribution is -2.59. The van der Waals surface area contributed by atoms with Gasteiger partial charge in [-0.15, -0.1) is 0 Å². The van der Waals surface area contributed by atoms with E-state index >= 15 is 0 Å². The second-order valence-electron chi connectivity index (χ2n) is 6.17. The van der Waals surface area contributed by atoms with Crippen LogP contribution in [0, 0.1) is 0 Å². The molecule has 1 atom stereocenters. The van der Waals surface area contributed by atoms with Crippen molar-refractivity contribution in [3.05, 3.63) is 29.3 Å². The molecule has 124 valence electrons. The minimum absolute atomic E-state index is 0.0231. The summed E-state index contributed by atoms with van der Waals surface area (Å²) in [4.78, 5) is 28.9. The van der Waals surface area contributed by atoms with Crippen LogP contribution < -0.4 is 15.5 Å². The van der Waals surface area contributed by atoms with Crippen molar-refractivity contribution in [3.8, 4) is 0 Å². The molecule has 6 nitrogen and oxygen atoms in total. The number of carbonyl (C=O) groups is 2. The van der Waals surface area contributed by atoms with Crippen LogP contribution >= 0.6 is 0 Å². The molecule has 0 saturated carbocycles. The molecule has 1 fully saturated rings. The molecule has 2 N–H and O–H groups in total. The van der Waals surface area contributed by atoms with Crippen molar-refractivity contribution in [1.82, 2.24) is 15.5 Å². The Kier molecular flexibility index (Phi) is 4.63. The molecule has 2 amide bonds. The quantitative estimate of drug-likeness (QED) is 0.867. The zero-order valence-electron chi connectivity index (χ0n) is 13.8. The monoisotopic (exact) mass is 316 g/mol. The summed E-state index contributed by atoms with van der Waals surface area (Å²) in [5, 5.41) is 6.23. The summed E-state index contributed by atoms with van der Waals surface area (Å²) in [6, 6.07) is 5.64. The summed E-state index contributed by atoms with van der Waals surface area (Å²) < 4.78 is 0. The van der Waals surface area contributed by atoms with Crippen LogP contribution in [-0.2, 0) is 11.3 Å². The lowest BCUT2D eigenvalue weighted by atomic mass is 10.1. The van der Waals surface area contributed by atoms with E-state index in [9.17, 15) is 9.59 Å². The molecule has 3 rings (SSSR count). The van der Waals surface area contributed by atoms with Gasteiger partial charge < -0.3 is 10.6 Å². The molecular formula is C17H24N4O2. The van der Waals surface area contributed by atoms with Crippen LogP contribution in [-0.4, -0.2) is 49.6 Å². The molecule has 2 aliphatic heterocycles. The number of piperazine rings is 1. The van der Waals surface area contributed by atoms with Crippen LogP contribution in [0.15, 0.2) is 18.2 Å². The maximum Gasteiger partial charge on any atom is 0.251 e. The Hall–Kier alpha value is -1.92. The predicted octanol–water partition coefficient (Wildman–Crippen LogP) is 0.924. The number of benzene rings is 1. The number of carbonyl (C=O) groups excluding carboxylic acids is 2. The highest BCUT2D eigenvalue weighted by molar-refractivity contribution is 6.02. The number of hydrogen-bond acceptors (Lipinski definition) is 4. The van der Waals surface area contributed by atoms with E-state index in [1.54, 1.807) is 0 Å². The van der Waals surface area contributed by atoms with Gasteiger partial charge in [-0.3, -0.25) is 19.4 Å². The molecule has 2 aliphatic rings.